The van der Waals surface area contributed by atoms with E-state index < -0.39 is 6.10 Å². The molecule has 2 saturated heterocycles. The van der Waals surface area contributed by atoms with Crippen LogP contribution in [-0.4, -0.2) is 54.4 Å². The molecule has 0 aromatic carbocycles. The Labute approximate surface area is 88.8 Å². The van der Waals surface area contributed by atoms with Gasteiger partial charge in [-0.3, -0.25) is 0 Å². The van der Waals surface area contributed by atoms with E-state index in [1.807, 2.05) is 4.90 Å². The molecule has 1 aliphatic carbocycles. The molecule has 3 rings (SSSR count). The summed E-state index contributed by atoms with van der Waals surface area (Å²) < 4.78 is 0. The number of aliphatic hydroxyl groups excluding tert-OH is 1. The van der Waals surface area contributed by atoms with Crippen LogP contribution in [0.5, 0.6) is 0 Å². The molecular formula is C10H17N3O2. The van der Waals surface area contributed by atoms with Gasteiger partial charge in [0.1, 0.15) is 0 Å². The third-order valence-electron chi connectivity index (χ3n) is 3.76. The number of nitrogens with one attached hydrogen (secondary N) is 2. The van der Waals surface area contributed by atoms with Crippen LogP contribution in [0.1, 0.15) is 6.42 Å². The van der Waals surface area contributed by atoms with Gasteiger partial charge in [-0.25, -0.2) is 4.79 Å². The second-order valence-corrected chi connectivity index (χ2v) is 4.94. The lowest BCUT2D eigenvalue weighted by atomic mass is 10.2. The first kappa shape index (κ1) is 9.42. The normalized spacial score (nSPS) is 42.9. The number of hydrogen-bond acceptors (Lipinski definition) is 3. The predicted molar refractivity (Wildman–Crippen MR) is 54.4 cm³/mol. The minimum Gasteiger partial charge on any atom is -0.390 e. The summed E-state index contributed by atoms with van der Waals surface area (Å²) in [6, 6.07) is -0.121. The molecule has 2 heterocycles. The largest absolute Gasteiger partial charge is 0.390 e. The molecule has 1 saturated carbocycles. The summed E-state index contributed by atoms with van der Waals surface area (Å²) in [4.78, 5) is 13.7. The summed E-state index contributed by atoms with van der Waals surface area (Å²) in [7, 11) is 0. The molecule has 3 aliphatic rings. The predicted octanol–water partition coefficient (Wildman–Crippen LogP) is -1.02. The van der Waals surface area contributed by atoms with Crippen molar-refractivity contribution >= 4 is 6.03 Å². The van der Waals surface area contributed by atoms with E-state index in [-0.39, 0.29) is 12.1 Å². The van der Waals surface area contributed by atoms with Gasteiger partial charge in [-0.15, -0.1) is 0 Å². The lowest BCUT2D eigenvalue weighted by molar-refractivity contribution is 0.153. The van der Waals surface area contributed by atoms with Crippen molar-refractivity contribution in [3.63, 3.8) is 0 Å². The van der Waals surface area contributed by atoms with Crippen molar-refractivity contribution in [2.75, 3.05) is 26.2 Å². The summed E-state index contributed by atoms with van der Waals surface area (Å²) in [5.74, 6) is 1.53. The van der Waals surface area contributed by atoms with Gasteiger partial charge >= 0.3 is 6.03 Å². The van der Waals surface area contributed by atoms with Crippen molar-refractivity contribution in [1.82, 2.24) is 15.5 Å². The molecule has 0 spiro atoms. The summed E-state index contributed by atoms with van der Waals surface area (Å²) >= 11 is 0. The first-order chi connectivity index (χ1) is 7.24. The molecule has 0 bridgehead atoms. The standard InChI is InChI=1S/C10H17N3O2/c14-9-3-11-2-8(9)12-10(15)13-4-6-1-7(6)5-13/h6-9,11,14H,1-5H2,(H,12,15)/t6?,7?,8-,9-/m1/s1. The number of hydrogen-bond donors (Lipinski definition) is 3. The fraction of sp³-hybridized carbons (Fsp3) is 0.900. The number of rotatable bonds is 1. The van der Waals surface area contributed by atoms with E-state index in [2.05, 4.69) is 10.6 Å². The lowest BCUT2D eigenvalue weighted by Gasteiger charge is -2.22. The number of fused-ring (bicyclic) bond motifs is 1. The van der Waals surface area contributed by atoms with E-state index in [0.717, 1.165) is 24.9 Å². The zero-order valence-electron chi connectivity index (χ0n) is 8.65. The van der Waals surface area contributed by atoms with Crippen LogP contribution in [0, 0.1) is 11.8 Å². The lowest BCUT2D eigenvalue weighted by Crippen LogP contribution is -2.49. The summed E-state index contributed by atoms with van der Waals surface area (Å²) in [6.07, 6.45) is 0.864. The van der Waals surface area contributed by atoms with Crippen molar-refractivity contribution in [2.24, 2.45) is 11.8 Å². The Hall–Kier alpha value is -0.810. The highest BCUT2D eigenvalue weighted by atomic mass is 16.3. The fourth-order valence-corrected chi connectivity index (χ4v) is 2.63. The molecule has 0 aromatic rings. The molecule has 5 nitrogen and oxygen atoms in total. The van der Waals surface area contributed by atoms with Crippen LogP contribution in [0.4, 0.5) is 4.79 Å². The highest BCUT2D eigenvalue weighted by Crippen LogP contribution is 2.44. The van der Waals surface area contributed by atoms with E-state index in [1.165, 1.54) is 6.42 Å². The van der Waals surface area contributed by atoms with E-state index in [1.54, 1.807) is 0 Å². The summed E-state index contributed by atoms with van der Waals surface area (Å²) in [5, 5.41) is 15.5. The number of aliphatic hydroxyl groups is 1. The van der Waals surface area contributed by atoms with Gasteiger partial charge in [0.2, 0.25) is 0 Å². The Morgan fingerprint density at radius 2 is 2.07 bits per heavy atom. The van der Waals surface area contributed by atoms with Crippen LogP contribution in [0.25, 0.3) is 0 Å². The molecule has 3 fully saturated rings. The average Bonchev–Trinajstić information content (AvgIpc) is 2.64. The molecule has 2 aliphatic heterocycles. The van der Waals surface area contributed by atoms with Gasteiger partial charge in [0.15, 0.2) is 0 Å². The van der Waals surface area contributed by atoms with Gasteiger partial charge < -0.3 is 20.6 Å². The van der Waals surface area contributed by atoms with Crippen molar-refractivity contribution in [3.8, 4) is 0 Å². The van der Waals surface area contributed by atoms with Crippen LogP contribution >= 0.6 is 0 Å². The quantitative estimate of drug-likeness (QED) is 0.520. The Balaban J connectivity index is 1.52. The zero-order chi connectivity index (χ0) is 10.4. The number of β-amino-alcohol motifs (C(OH)–C–C–N with tert-alkyl or cyclic N) is 1. The number of urea groups is 1. The minimum absolute atomic E-state index is 0.00468. The van der Waals surface area contributed by atoms with Crippen LogP contribution in [-0.2, 0) is 0 Å². The second-order valence-electron chi connectivity index (χ2n) is 4.94. The third-order valence-corrected chi connectivity index (χ3v) is 3.76. The van der Waals surface area contributed by atoms with Crippen molar-refractivity contribution < 1.29 is 9.90 Å². The zero-order valence-corrected chi connectivity index (χ0v) is 8.65. The SMILES string of the molecule is O=C(N[C@@H]1CNC[C@H]1O)N1CC2CC2C1. The second kappa shape index (κ2) is 3.35. The van der Waals surface area contributed by atoms with Gasteiger partial charge in [0, 0.05) is 26.2 Å². The van der Waals surface area contributed by atoms with Crippen LogP contribution < -0.4 is 10.6 Å². The van der Waals surface area contributed by atoms with Crippen LogP contribution in [0.15, 0.2) is 0 Å². The van der Waals surface area contributed by atoms with Crippen LogP contribution in [0.2, 0.25) is 0 Å². The maximum absolute atomic E-state index is 11.8. The number of likely N-dealkylation sites (tertiary alicyclic amines) is 1. The number of carbonyl (C=O) groups is 1. The average molecular weight is 211 g/mol. The number of nitrogens with zero attached hydrogens (tertiary/aromatic N) is 1. The first-order valence-electron chi connectivity index (χ1n) is 5.68. The molecule has 4 atom stereocenters. The molecular weight excluding hydrogens is 194 g/mol. The van der Waals surface area contributed by atoms with Gasteiger partial charge in [0.05, 0.1) is 12.1 Å². The van der Waals surface area contributed by atoms with E-state index in [4.69, 9.17) is 0 Å². The highest BCUT2D eigenvalue weighted by Gasteiger charge is 2.46. The van der Waals surface area contributed by atoms with Gasteiger partial charge in [-0.1, -0.05) is 0 Å². The van der Waals surface area contributed by atoms with E-state index >= 15 is 0 Å². The molecule has 84 valence electrons. The fourth-order valence-electron chi connectivity index (χ4n) is 2.63. The Kier molecular flexibility index (Phi) is 2.10. The topological polar surface area (TPSA) is 64.6 Å². The van der Waals surface area contributed by atoms with Crippen molar-refractivity contribution in [1.29, 1.82) is 0 Å². The van der Waals surface area contributed by atoms with E-state index in [9.17, 15) is 9.90 Å². The summed E-state index contributed by atoms with van der Waals surface area (Å²) in [6.45, 7) is 3.07. The molecule has 15 heavy (non-hydrogen) atoms. The van der Waals surface area contributed by atoms with E-state index in [0.29, 0.717) is 13.1 Å². The molecule has 3 N–H and O–H groups in total. The molecule has 2 unspecified atom stereocenters. The number of amides is 2. The summed E-state index contributed by atoms with van der Waals surface area (Å²) in [5.41, 5.74) is 0. The van der Waals surface area contributed by atoms with Gasteiger partial charge in [0.25, 0.3) is 0 Å². The van der Waals surface area contributed by atoms with Gasteiger partial charge in [-0.2, -0.15) is 0 Å². The maximum atomic E-state index is 11.8. The Morgan fingerprint density at radius 3 is 2.67 bits per heavy atom. The highest BCUT2D eigenvalue weighted by molar-refractivity contribution is 5.75. The Morgan fingerprint density at radius 1 is 1.33 bits per heavy atom. The number of carbonyl (C=O) groups excluding carboxylic acids is 1. The molecule has 2 amide bonds. The number of piperidine rings is 1. The third kappa shape index (κ3) is 1.70. The van der Waals surface area contributed by atoms with Crippen molar-refractivity contribution in [2.45, 2.75) is 18.6 Å². The minimum atomic E-state index is -0.439. The van der Waals surface area contributed by atoms with Gasteiger partial charge in [-0.05, 0) is 18.3 Å². The monoisotopic (exact) mass is 211 g/mol. The smallest absolute Gasteiger partial charge is 0.317 e. The van der Waals surface area contributed by atoms with Crippen LogP contribution in [0.3, 0.4) is 0 Å². The molecule has 0 radical (unpaired) electrons. The molecule has 5 heteroatoms. The Bertz CT molecular complexity index is 274. The molecule has 0 aromatic heterocycles. The first-order valence-corrected chi connectivity index (χ1v) is 5.68. The van der Waals surface area contributed by atoms with Crippen molar-refractivity contribution in [3.05, 3.63) is 0 Å². The maximum Gasteiger partial charge on any atom is 0.317 e.